The molecule has 0 amide bonds. The summed E-state index contributed by atoms with van der Waals surface area (Å²) in [5, 5.41) is 12.7. The van der Waals surface area contributed by atoms with Crippen LogP contribution in [0.15, 0.2) is 27.7 Å². The normalized spacial score (nSPS) is 13.9. The maximum absolute atomic E-state index is 12.6. The van der Waals surface area contributed by atoms with Gasteiger partial charge in [-0.1, -0.05) is 5.16 Å². The molecule has 0 spiro atoms. The Labute approximate surface area is 127 Å². The van der Waals surface area contributed by atoms with Crippen LogP contribution in [0.1, 0.15) is 33.7 Å². The Kier molecular flexibility index (Phi) is 3.40. The highest BCUT2D eigenvalue weighted by atomic mass is 32.2. The minimum absolute atomic E-state index is 0.0144. The second kappa shape index (κ2) is 5.13. The van der Waals surface area contributed by atoms with Crippen LogP contribution in [0, 0.1) is 6.92 Å². The topological polar surface area (TPSA) is 110 Å². The van der Waals surface area contributed by atoms with Crippen LogP contribution in [0.2, 0.25) is 0 Å². The van der Waals surface area contributed by atoms with E-state index in [1.807, 2.05) is 0 Å². The van der Waals surface area contributed by atoms with Crippen LogP contribution in [0.4, 0.5) is 5.69 Å². The lowest BCUT2D eigenvalue weighted by atomic mass is 10.1. The fraction of sp³-hybridized carbons (Fsp3) is 0.286. The van der Waals surface area contributed by atoms with Gasteiger partial charge in [0.1, 0.15) is 5.69 Å². The number of sulfonamides is 1. The Morgan fingerprint density at radius 3 is 2.77 bits per heavy atom. The zero-order valence-corrected chi connectivity index (χ0v) is 12.6. The van der Waals surface area contributed by atoms with E-state index in [1.54, 1.807) is 13.0 Å². The molecule has 1 aliphatic rings. The molecule has 0 unspecified atom stereocenters. The molecule has 0 radical (unpaired) electrons. The summed E-state index contributed by atoms with van der Waals surface area (Å²) in [6, 6.07) is 2.76. The minimum Gasteiger partial charge on any atom is -0.478 e. The molecule has 0 atom stereocenters. The standard InChI is InChI=1S/C14H14N2O5S/c1-8-12(7-15-21-8)16-22(19,20)13-6-10(14(17)18)5-9-3-2-4-11(9)13/h5-7,16H,2-4H2,1H3,(H,17,18). The van der Waals surface area contributed by atoms with Gasteiger partial charge in [0.15, 0.2) is 5.76 Å². The fourth-order valence-corrected chi connectivity index (χ4v) is 4.06. The van der Waals surface area contributed by atoms with Gasteiger partial charge in [0.05, 0.1) is 16.7 Å². The molecule has 2 aromatic rings. The molecule has 22 heavy (non-hydrogen) atoms. The predicted molar refractivity (Wildman–Crippen MR) is 77.5 cm³/mol. The van der Waals surface area contributed by atoms with Gasteiger partial charge in [0.2, 0.25) is 0 Å². The monoisotopic (exact) mass is 322 g/mol. The molecular formula is C14H14N2O5S. The molecule has 0 saturated carbocycles. The average molecular weight is 322 g/mol. The van der Waals surface area contributed by atoms with Crippen molar-refractivity contribution in [3.05, 3.63) is 40.8 Å². The first-order chi connectivity index (χ1) is 10.4. The van der Waals surface area contributed by atoms with E-state index < -0.39 is 16.0 Å². The predicted octanol–water partition coefficient (Wildman–Crippen LogP) is 1.97. The number of nitrogens with zero attached hydrogens (tertiary/aromatic N) is 1. The van der Waals surface area contributed by atoms with E-state index in [0.29, 0.717) is 24.2 Å². The maximum Gasteiger partial charge on any atom is 0.335 e. The summed E-state index contributed by atoms with van der Waals surface area (Å²) in [4.78, 5) is 11.2. The molecule has 3 rings (SSSR count). The SMILES string of the molecule is Cc1oncc1NS(=O)(=O)c1cc(C(=O)O)cc2c1CCC2. The molecule has 0 fully saturated rings. The number of nitrogens with one attached hydrogen (secondary N) is 1. The third-order valence-electron chi connectivity index (χ3n) is 3.71. The number of aromatic nitrogens is 1. The van der Waals surface area contributed by atoms with Gasteiger partial charge in [0.25, 0.3) is 10.0 Å². The molecular weight excluding hydrogens is 308 g/mol. The molecule has 1 aliphatic carbocycles. The maximum atomic E-state index is 12.6. The van der Waals surface area contributed by atoms with E-state index >= 15 is 0 Å². The van der Waals surface area contributed by atoms with Crippen LogP contribution < -0.4 is 4.72 Å². The Morgan fingerprint density at radius 2 is 2.14 bits per heavy atom. The molecule has 0 aliphatic heterocycles. The van der Waals surface area contributed by atoms with Crippen molar-refractivity contribution in [2.75, 3.05) is 4.72 Å². The van der Waals surface area contributed by atoms with Gasteiger partial charge in [0, 0.05) is 0 Å². The van der Waals surface area contributed by atoms with Crippen molar-refractivity contribution in [3.63, 3.8) is 0 Å². The largest absolute Gasteiger partial charge is 0.478 e. The summed E-state index contributed by atoms with van der Waals surface area (Å²) in [6.45, 7) is 1.59. The van der Waals surface area contributed by atoms with Gasteiger partial charge < -0.3 is 9.63 Å². The number of aryl methyl sites for hydroxylation is 2. The average Bonchev–Trinajstić information content (AvgIpc) is 3.06. The highest BCUT2D eigenvalue weighted by molar-refractivity contribution is 7.92. The van der Waals surface area contributed by atoms with E-state index in [1.165, 1.54) is 12.3 Å². The Hall–Kier alpha value is -2.35. The van der Waals surface area contributed by atoms with E-state index in [-0.39, 0.29) is 16.1 Å². The molecule has 1 aromatic carbocycles. The summed E-state index contributed by atoms with van der Waals surface area (Å²) < 4.78 is 32.5. The summed E-state index contributed by atoms with van der Waals surface area (Å²) in [5.74, 6) is -0.804. The summed E-state index contributed by atoms with van der Waals surface area (Å²) in [7, 11) is -3.90. The number of anilines is 1. The van der Waals surface area contributed by atoms with Crippen molar-refractivity contribution in [2.24, 2.45) is 0 Å². The summed E-state index contributed by atoms with van der Waals surface area (Å²) in [6.07, 6.45) is 3.39. The van der Waals surface area contributed by atoms with Gasteiger partial charge in [-0.2, -0.15) is 0 Å². The Morgan fingerprint density at radius 1 is 1.36 bits per heavy atom. The zero-order chi connectivity index (χ0) is 15.9. The number of carbonyl (C=O) groups is 1. The lowest BCUT2D eigenvalue weighted by molar-refractivity contribution is 0.0696. The van der Waals surface area contributed by atoms with Gasteiger partial charge in [-0.25, -0.2) is 13.2 Å². The van der Waals surface area contributed by atoms with E-state index in [4.69, 9.17) is 9.63 Å². The molecule has 0 bridgehead atoms. The van der Waals surface area contributed by atoms with Gasteiger partial charge >= 0.3 is 5.97 Å². The summed E-state index contributed by atoms with van der Waals surface area (Å²) in [5.41, 5.74) is 1.68. The third kappa shape index (κ3) is 2.45. The van der Waals surface area contributed by atoms with Crippen molar-refractivity contribution in [1.29, 1.82) is 0 Å². The van der Waals surface area contributed by atoms with Crippen LogP contribution >= 0.6 is 0 Å². The van der Waals surface area contributed by atoms with Crippen molar-refractivity contribution >= 4 is 21.7 Å². The zero-order valence-electron chi connectivity index (χ0n) is 11.8. The van der Waals surface area contributed by atoms with Crippen LogP contribution in [0.25, 0.3) is 0 Å². The fourth-order valence-electron chi connectivity index (χ4n) is 2.62. The smallest absolute Gasteiger partial charge is 0.335 e. The van der Waals surface area contributed by atoms with E-state index in [2.05, 4.69) is 9.88 Å². The number of rotatable bonds is 4. The first-order valence-corrected chi connectivity index (χ1v) is 8.20. The second-order valence-corrected chi connectivity index (χ2v) is 6.82. The molecule has 8 heteroatoms. The molecule has 116 valence electrons. The van der Waals surface area contributed by atoms with Gasteiger partial charge in [-0.15, -0.1) is 0 Å². The molecule has 1 heterocycles. The van der Waals surface area contributed by atoms with Gasteiger partial charge in [-0.05, 0) is 49.4 Å². The first kappa shape index (κ1) is 14.6. The van der Waals surface area contributed by atoms with Gasteiger partial charge in [-0.3, -0.25) is 4.72 Å². The number of hydrogen-bond donors (Lipinski definition) is 2. The Balaban J connectivity index is 2.10. The van der Waals surface area contributed by atoms with E-state index in [9.17, 15) is 13.2 Å². The number of fused-ring (bicyclic) bond motifs is 1. The van der Waals surface area contributed by atoms with Crippen LogP contribution in [-0.2, 0) is 22.9 Å². The number of aromatic carboxylic acids is 1. The minimum atomic E-state index is -3.90. The number of carboxylic acids is 1. The highest BCUT2D eigenvalue weighted by Crippen LogP contribution is 2.31. The van der Waals surface area contributed by atoms with Crippen LogP contribution in [-0.4, -0.2) is 24.7 Å². The first-order valence-electron chi connectivity index (χ1n) is 6.71. The second-order valence-electron chi connectivity index (χ2n) is 5.17. The Bertz CT molecular complexity index is 854. The van der Waals surface area contributed by atoms with Crippen molar-refractivity contribution in [3.8, 4) is 0 Å². The van der Waals surface area contributed by atoms with Crippen LogP contribution in [0.5, 0.6) is 0 Å². The highest BCUT2D eigenvalue weighted by Gasteiger charge is 2.27. The van der Waals surface area contributed by atoms with Crippen molar-refractivity contribution in [2.45, 2.75) is 31.1 Å². The lowest BCUT2D eigenvalue weighted by Gasteiger charge is -2.12. The molecule has 7 nitrogen and oxygen atoms in total. The third-order valence-corrected chi connectivity index (χ3v) is 5.14. The number of hydrogen-bond acceptors (Lipinski definition) is 5. The van der Waals surface area contributed by atoms with Crippen molar-refractivity contribution < 1.29 is 22.8 Å². The molecule has 1 aromatic heterocycles. The number of carboxylic acid groups (broad SMARTS) is 1. The van der Waals surface area contributed by atoms with Crippen molar-refractivity contribution in [1.82, 2.24) is 5.16 Å². The molecule has 2 N–H and O–H groups in total. The molecule has 0 saturated heterocycles. The number of benzene rings is 1. The lowest BCUT2D eigenvalue weighted by Crippen LogP contribution is -2.16. The van der Waals surface area contributed by atoms with E-state index in [0.717, 1.165) is 12.0 Å². The summed E-state index contributed by atoms with van der Waals surface area (Å²) >= 11 is 0. The van der Waals surface area contributed by atoms with Crippen LogP contribution in [0.3, 0.4) is 0 Å². The quantitative estimate of drug-likeness (QED) is 0.890.